The van der Waals surface area contributed by atoms with Crippen LogP contribution in [0.1, 0.15) is 32.1 Å². The molecule has 2 spiro atoms. The number of benzene rings is 1. The fourth-order valence-corrected chi connectivity index (χ4v) is 4.20. The summed E-state index contributed by atoms with van der Waals surface area (Å²) < 4.78 is 5.51. The van der Waals surface area contributed by atoms with E-state index >= 15 is 0 Å². The first-order chi connectivity index (χ1) is 13.3. The number of aliphatic imine (C=N–C) groups is 3. The molecule has 3 saturated carbocycles. The van der Waals surface area contributed by atoms with Crippen LogP contribution in [0.3, 0.4) is 0 Å². The average Bonchev–Trinajstić information content (AvgIpc) is 3.58. The number of anilines is 2. The summed E-state index contributed by atoms with van der Waals surface area (Å²) in [7, 11) is 0. The molecule has 2 heterocycles. The highest BCUT2D eigenvalue weighted by molar-refractivity contribution is 6.17. The molecule has 1 saturated heterocycles. The number of nitrogens with zero attached hydrogens (tertiary/aromatic N) is 4. The lowest BCUT2D eigenvalue weighted by Gasteiger charge is -2.30. The number of ether oxygens (including phenoxy) is 1. The van der Waals surface area contributed by atoms with Crippen LogP contribution in [0.4, 0.5) is 11.4 Å². The van der Waals surface area contributed by atoms with Crippen molar-refractivity contribution in [3.63, 3.8) is 0 Å². The van der Waals surface area contributed by atoms with Crippen LogP contribution < -0.4 is 10.2 Å². The van der Waals surface area contributed by atoms with E-state index in [-0.39, 0.29) is 5.41 Å². The second kappa shape index (κ2) is 5.64. The van der Waals surface area contributed by atoms with Gasteiger partial charge in [-0.2, -0.15) is 4.99 Å². The van der Waals surface area contributed by atoms with Crippen molar-refractivity contribution < 1.29 is 4.74 Å². The van der Waals surface area contributed by atoms with Gasteiger partial charge >= 0.3 is 0 Å². The minimum atomic E-state index is 0.289. The van der Waals surface area contributed by atoms with Crippen LogP contribution in [-0.2, 0) is 4.74 Å². The van der Waals surface area contributed by atoms with Gasteiger partial charge < -0.3 is 15.0 Å². The molecule has 4 fully saturated rings. The molecule has 6 nitrogen and oxygen atoms in total. The molecule has 0 unspecified atom stereocenters. The highest BCUT2D eigenvalue weighted by Gasteiger charge is 2.60. The third-order valence-corrected chi connectivity index (χ3v) is 6.66. The fraction of sp³-hybridized carbons (Fsp3) is 0.571. The molecule has 0 atom stereocenters. The molecule has 1 aromatic rings. The van der Waals surface area contributed by atoms with E-state index in [0.29, 0.717) is 5.41 Å². The van der Waals surface area contributed by atoms with Gasteiger partial charge in [0.15, 0.2) is 0 Å². The lowest BCUT2D eigenvalue weighted by molar-refractivity contribution is 0.123. The van der Waals surface area contributed by atoms with E-state index in [0.717, 1.165) is 56.8 Å². The Balaban J connectivity index is 1.30. The van der Waals surface area contributed by atoms with E-state index in [1.54, 1.807) is 0 Å². The van der Waals surface area contributed by atoms with Gasteiger partial charge in [-0.15, -0.1) is 0 Å². The molecular weight excluding hydrogens is 338 g/mol. The number of hydrogen-bond donors (Lipinski definition) is 1. The van der Waals surface area contributed by atoms with Crippen molar-refractivity contribution in [1.29, 1.82) is 0 Å². The molecule has 6 rings (SSSR count). The first kappa shape index (κ1) is 15.8. The van der Waals surface area contributed by atoms with Crippen LogP contribution in [-0.4, -0.2) is 50.4 Å². The largest absolute Gasteiger partial charge is 0.378 e. The Bertz CT molecular complexity index is 872. The molecule has 1 aromatic carbocycles. The lowest BCUT2D eigenvalue weighted by Crippen LogP contribution is -2.36. The zero-order chi connectivity index (χ0) is 17.9. The number of rotatable bonds is 2. The summed E-state index contributed by atoms with van der Waals surface area (Å²) in [5, 5.41) is 3.55. The summed E-state index contributed by atoms with van der Waals surface area (Å²) in [6, 6.07) is 8.45. The predicted molar refractivity (Wildman–Crippen MR) is 108 cm³/mol. The Kier molecular flexibility index (Phi) is 3.30. The molecule has 0 aromatic heterocycles. The van der Waals surface area contributed by atoms with E-state index in [4.69, 9.17) is 14.7 Å². The number of morpholine rings is 1. The van der Waals surface area contributed by atoms with Gasteiger partial charge in [-0.3, -0.25) is 4.99 Å². The Morgan fingerprint density at radius 3 is 2.52 bits per heavy atom. The minimum Gasteiger partial charge on any atom is -0.378 e. The zero-order valence-corrected chi connectivity index (χ0v) is 15.6. The third-order valence-electron chi connectivity index (χ3n) is 6.66. The van der Waals surface area contributed by atoms with Crippen molar-refractivity contribution >= 4 is 28.9 Å². The van der Waals surface area contributed by atoms with Gasteiger partial charge in [0.2, 0.25) is 5.96 Å². The van der Waals surface area contributed by atoms with Crippen molar-refractivity contribution in [2.75, 3.05) is 43.1 Å². The maximum atomic E-state index is 5.51. The quantitative estimate of drug-likeness (QED) is 0.649. The standard InChI is InChI=1S/C21H25N5O/c1-2-4-16(26-9-11-27-12-10-26)15(3-1)23-19(24-17-13-20(17)5-6-20)25-18-21(7-8-21)14-22-18/h1-4H,5-14H2,(H,22,23,25). The number of para-hydroxylation sites is 2. The number of guanidine groups is 1. The van der Waals surface area contributed by atoms with Crippen LogP contribution in [0.25, 0.3) is 0 Å². The highest BCUT2D eigenvalue weighted by atomic mass is 16.5. The Morgan fingerprint density at radius 2 is 1.85 bits per heavy atom. The van der Waals surface area contributed by atoms with Crippen molar-refractivity contribution in [3.05, 3.63) is 24.3 Å². The minimum absolute atomic E-state index is 0.289. The monoisotopic (exact) mass is 363 g/mol. The van der Waals surface area contributed by atoms with Gasteiger partial charge in [0.05, 0.1) is 31.1 Å². The van der Waals surface area contributed by atoms with E-state index < -0.39 is 0 Å². The molecule has 3 aliphatic carbocycles. The molecule has 140 valence electrons. The lowest BCUT2D eigenvalue weighted by atomic mass is 10.0. The molecule has 27 heavy (non-hydrogen) atoms. The zero-order valence-electron chi connectivity index (χ0n) is 15.6. The maximum absolute atomic E-state index is 5.51. The number of nitrogens with one attached hydrogen (secondary N) is 1. The first-order valence-corrected chi connectivity index (χ1v) is 10.2. The van der Waals surface area contributed by atoms with E-state index in [1.165, 1.54) is 37.1 Å². The number of amidine groups is 1. The number of hydrogen-bond acceptors (Lipinski definition) is 4. The Morgan fingerprint density at radius 1 is 1.07 bits per heavy atom. The molecule has 2 aliphatic heterocycles. The van der Waals surface area contributed by atoms with Gasteiger partial charge in [0, 0.05) is 29.6 Å². The molecule has 1 N–H and O–H groups in total. The molecular formula is C21H25N5O. The van der Waals surface area contributed by atoms with E-state index in [9.17, 15) is 0 Å². The van der Waals surface area contributed by atoms with Crippen LogP contribution in [0.15, 0.2) is 39.2 Å². The SMILES string of the molecule is c1ccc(N2CCOCC2)c(NC(=NC2=NCC23CC3)N=C2CC23CC3)c1. The fourth-order valence-electron chi connectivity index (χ4n) is 4.20. The Labute approximate surface area is 159 Å². The van der Waals surface area contributed by atoms with Crippen molar-refractivity contribution in [2.24, 2.45) is 25.8 Å². The van der Waals surface area contributed by atoms with Crippen LogP contribution >= 0.6 is 0 Å². The van der Waals surface area contributed by atoms with Gasteiger partial charge in [0.25, 0.3) is 0 Å². The molecule has 6 heteroatoms. The summed E-state index contributed by atoms with van der Waals surface area (Å²) in [5.74, 6) is 1.72. The van der Waals surface area contributed by atoms with Crippen molar-refractivity contribution in [1.82, 2.24) is 0 Å². The third kappa shape index (κ3) is 2.78. The normalized spacial score (nSPS) is 28.1. The van der Waals surface area contributed by atoms with Gasteiger partial charge in [-0.25, -0.2) is 4.99 Å². The predicted octanol–water partition coefficient (Wildman–Crippen LogP) is 3.11. The molecule has 0 amide bonds. The first-order valence-electron chi connectivity index (χ1n) is 10.2. The van der Waals surface area contributed by atoms with E-state index in [2.05, 4.69) is 39.5 Å². The summed E-state index contributed by atoms with van der Waals surface area (Å²) in [6.07, 6.45) is 6.21. The summed E-state index contributed by atoms with van der Waals surface area (Å²) in [4.78, 5) is 16.7. The van der Waals surface area contributed by atoms with Crippen LogP contribution in [0.2, 0.25) is 0 Å². The maximum Gasteiger partial charge on any atom is 0.228 e. The van der Waals surface area contributed by atoms with Gasteiger partial charge in [0.1, 0.15) is 5.84 Å². The summed E-state index contributed by atoms with van der Waals surface area (Å²) >= 11 is 0. The van der Waals surface area contributed by atoms with Gasteiger partial charge in [-0.05, 0) is 44.2 Å². The second-order valence-corrected chi connectivity index (χ2v) is 8.61. The topological polar surface area (TPSA) is 61.6 Å². The van der Waals surface area contributed by atoms with E-state index in [1.807, 2.05) is 0 Å². The summed E-state index contributed by atoms with van der Waals surface area (Å²) in [6.45, 7) is 4.33. The van der Waals surface area contributed by atoms with Crippen molar-refractivity contribution in [3.8, 4) is 0 Å². The second-order valence-electron chi connectivity index (χ2n) is 8.61. The highest BCUT2D eigenvalue weighted by Crippen LogP contribution is 2.63. The Hall–Kier alpha value is -2.21. The molecule has 0 bridgehead atoms. The van der Waals surface area contributed by atoms with Crippen LogP contribution in [0.5, 0.6) is 0 Å². The average molecular weight is 363 g/mol. The van der Waals surface area contributed by atoms with Crippen LogP contribution in [0, 0.1) is 10.8 Å². The van der Waals surface area contributed by atoms with Crippen molar-refractivity contribution in [2.45, 2.75) is 32.1 Å². The van der Waals surface area contributed by atoms with Gasteiger partial charge in [-0.1, -0.05) is 12.1 Å². The smallest absolute Gasteiger partial charge is 0.228 e. The molecule has 5 aliphatic rings. The summed E-state index contributed by atoms with van der Waals surface area (Å²) in [5.41, 5.74) is 4.32. The molecule has 0 radical (unpaired) electrons.